The van der Waals surface area contributed by atoms with Gasteiger partial charge in [-0.05, 0) is 30.9 Å². The van der Waals surface area contributed by atoms with Gasteiger partial charge in [0.2, 0.25) is 5.89 Å². The second-order valence-electron chi connectivity index (χ2n) is 5.78. The number of aliphatic hydroxyl groups excluding tert-OH is 1. The summed E-state index contributed by atoms with van der Waals surface area (Å²) in [6.45, 7) is 8.62. The van der Waals surface area contributed by atoms with E-state index in [2.05, 4.69) is 36.3 Å². The lowest BCUT2D eigenvalue weighted by Crippen LogP contribution is -2.24. The molecule has 114 valence electrons. The highest BCUT2D eigenvalue weighted by Crippen LogP contribution is 2.19. The highest BCUT2D eigenvalue weighted by atomic mass is 16.4. The second kappa shape index (κ2) is 6.87. The molecule has 0 bridgehead atoms. The van der Waals surface area contributed by atoms with Gasteiger partial charge in [0.25, 0.3) is 0 Å². The standard InChI is InChI=1S/C17H24N2O2/c1-11(2)14-5-7-15(8-6-14)16(20)10-18-13(4)17-19-9-12(3)21-17/h5-9,11,13,16,18,20H,10H2,1-4H3. The van der Waals surface area contributed by atoms with Crippen LogP contribution in [0.5, 0.6) is 0 Å². The molecule has 1 aromatic heterocycles. The van der Waals surface area contributed by atoms with Crippen molar-refractivity contribution in [3.63, 3.8) is 0 Å². The van der Waals surface area contributed by atoms with Gasteiger partial charge in [-0.15, -0.1) is 0 Å². The molecule has 2 N–H and O–H groups in total. The summed E-state index contributed by atoms with van der Waals surface area (Å²) in [7, 11) is 0. The third-order valence-corrected chi connectivity index (χ3v) is 3.61. The summed E-state index contributed by atoms with van der Waals surface area (Å²) in [6, 6.07) is 8.10. The molecule has 4 nitrogen and oxygen atoms in total. The van der Waals surface area contributed by atoms with Gasteiger partial charge in [-0.3, -0.25) is 0 Å². The molecule has 0 saturated heterocycles. The van der Waals surface area contributed by atoms with Gasteiger partial charge in [-0.25, -0.2) is 4.98 Å². The Labute approximate surface area is 126 Å². The van der Waals surface area contributed by atoms with Crippen molar-refractivity contribution in [2.24, 2.45) is 0 Å². The predicted molar refractivity (Wildman–Crippen MR) is 83.1 cm³/mol. The molecule has 2 atom stereocenters. The zero-order chi connectivity index (χ0) is 15.4. The molecule has 0 aliphatic carbocycles. The molecule has 2 rings (SSSR count). The molecule has 21 heavy (non-hydrogen) atoms. The maximum absolute atomic E-state index is 10.2. The molecule has 2 aromatic rings. The molecular weight excluding hydrogens is 264 g/mol. The Hall–Kier alpha value is -1.65. The lowest BCUT2D eigenvalue weighted by Gasteiger charge is -2.16. The van der Waals surface area contributed by atoms with Gasteiger partial charge < -0.3 is 14.8 Å². The van der Waals surface area contributed by atoms with Gasteiger partial charge in [-0.1, -0.05) is 38.1 Å². The Kier molecular flexibility index (Phi) is 5.15. The van der Waals surface area contributed by atoms with Crippen LogP contribution >= 0.6 is 0 Å². The van der Waals surface area contributed by atoms with Crippen molar-refractivity contribution in [3.05, 3.63) is 53.2 Å². The fourth-order valence-corrected chi connectivity index (χ4v) is 2.17. The number of aryl methyl sites for hydroxylation is 1. The molecule has 0 aliphatic heterocycles. The molecule has 1 heterocycles. The Morgan fingerprint density at radius 1 is 1.14 bits per heavy atom. The van der Waals surface area contributed by atoms with Gasteiger partial charge in [0.15, 0.2) is 0 Å². The average Bonchev–Trinajstić information content (AvgIpc) is 2.91. The van der Waals surface area contributed by atoms with Crippen molar-refractivity contribution in [2.45, 2.75) is 45.8 Å². The minimum absolute atomic E-state index is 0.0247. The normalized spacial score (nSPS) is 14.4. The Morgan fingerprint density at radius 2 is 1.76 bits per heavy atom. The molecule has 0 radical (unpaired) electrons. The van der Waals surface area contributed by atoms with Gasteiger partial charge in [0.05, 0.1) is 18.3 Å². The van der Waals surface area contributed by atoms with Crippen molar-refractivity contribution in [3.8, 4) is 0 Å². The molecule has 0 spiro atoms. The first kappa shape index (κ1) is 15.7. The molecule has 0 amide bonds. The van der Waals surface area contributed by atoms with Crippen LogP contribution in [0.15, 0.2) is 34.9 Å². The minimum Gasteiger partial charge on any atom is -0.444 e. The van der Waals surface area contributed by atoms with Crippen LogP contribution < -0.4 is 5.32 Å². The third-order valence-electron chi connectivity index (χ3n) is 3.61. The van der Waals surface area contributed by atoms with E-state index < -0.39 is 6.10 Å². The lowest BCUT2D eigenvalue weighted by molar-refractivity contribution is 0.168. The quantitative estimate of drug-likeness (QED) is 0.854. The van der Waals surface area contributed by atoms with Gasteiger partial charge in [0.1, 0.15) is 5.76 Å². The van der Waals surface area contributed by atoms with Crippen molar-refractivity contribution in [1.29, 1.82) is 0 Å². The van der Waals surface area contributed by atoms with Crippen LogP contribution in [0, 0.1) is 6.92 Å². The number of aromatic nitrogens is 1. The summed E-state index contributed by atoms with van der Waals surface area (Å²) in [5.74, 6) is 1.95. The Morgan fingerprint density at radius 3 is 2.29 bits per heavy atom. The molecule has 1 aromatic carbocycles. The molecular formula is C17H24N2O2. The topological polar surface area (TPSA) is 58.3 Å². The molecule has 4 heteroatoms. The van der Waals surface area contributed by atoms with Gasteiger partial charge in [0, 0.05) is 6.54 Å². The third kappa shape index (κ3) is 4.16. The van der Waals surface area contributed by atoms with Gasteiger partial charge in [-0.2, -0.15) is 0 Å². The molecule has 2 unspecified atom stereocenters. The summed E-state index contributed by atoms with van der Waals surface area (Å²) in [5, 5.41) is 13.5. The molecule has 0 aliphatic rings. The SMILES string of the molecule is Cc1cnc(C(C)NCC(O)c2ccc(C(C)C)cc2)o1. The van der Waals surface area contributed by atoms with E-state index in [0.717, 1.165) is 11.3 Å². The largest absolute Gasteiger partial charge is 0.444 e. The Bertz CT molecular complexity index is 560. The summed E-state index contributed by atoms with van der Waals surface area (Å²) in [4.78, 5) is 4.19. The van der Waals surface area contributed by atoms with E-state index in [4.69, 9.17) is 4.42 Å². The average molecular weight is 288 g/mol. The fraction of sp³-hybridized carbons (Fsp3) is 0.471. The summed E-state index contributed by atoms with van der Waals surface area (Å²) >= 11 is 0. The van der Waals surface area contributed by atoms with Crippen LogP contribution in [0.4, 0.5) is 0 Å². The zero-order valence-electron chi connectivity index (χ0n) is 13.1. The number of nitrogens with zero attached hydrogens (tertiary/aromatic N) is 1. The number of hydrogen-bond acceptors (Lipinski definition) is 4. The number of aliphatic hydroxyl groups is 1. The number of rotatable bonds is 6. The lowest BCUT2D eigenvalue weighted by atomic mass is 10.00. The van der Waals surface area contributed by atoms with E-state index >= 15 is 0 Å². The van der Waals surface area contributed by atoms with E-state index in [1.54, 1.807) is 6.20 Å². The second-order valence-corrected chi connectivity index (χ2v) is 5.78. The molecule has 0 saturated carbocycles. The van der Waals surface area contributed by atoms with E-state index in [0.29, 0.717) is 18.4 Å². The maximum Gasteiger partial charge on any atom is 0.211 e. The van der Waals surface area contributed by atoms with Crippen LogP contribution in [0.1, 0.15) is 61.6 Å². The number of hydrogen-bond donors (Lipinski definition) is 2. The first-order chi connectivity index (χ1) is 9.97. The number of nitrogens with one attached hydrogen (secondary N) is 1. The highest BCUT2D eigenvalue weighted by Gasteiger charge is 2.14. The summed E-state index contributed by atoms with van der Waals surface area (Å²) in [6.07, 6.45) is 1.17. The fourth-order valence-electron chi connectivity index (χ4n) is 2.17. The predicted octanol–water partition coefficient (Wildman–Crippen LogP) is 3.49. The van der Waals surface area contributed by atoms with E-state index in [9.17, 15) is 5.11 Å². The number of oxazole rings is 1. The van der Waals surface area contributed by atoms with Crippen LogP contribution in [0.2, 0.25) is 0 Å². The molecule has 0 fully saturated rings. The van der Waals surface area contributed by atoms with Crippen LogP contribution in [-0.4, -0.2) is 16.6 Å². The summed E-state index contributed by atoms with van der Waals surface area (Å²) in [5.41, 5.74) is 2.20. The van der Waals surface area contributed by atoms with Crippen LogP contribution in [0.25, 0.3) is 0 Å². The van der Waals surface area contributed by atoms with E-state index in [-0.39, 0.29) is 6.04 Å². The zero-order valence-corrected chi connectivity index (χ0v) is 13.1. The highest BCUT2D eigenvalue weighted by molar-refractivity contribution is 5.26. The summed E-state index contributed by atoms with van der Waals surface area (Å²) < 4.78 is 5.47. The van der Waals surface area contributed by atoms with Crippen molar-refractivity contribution >= 4 is 0 Å². The monoisotopic (exact) mass is 288 g/mol. The van der Waals surface area contributed by atoms with Crippen molar-refractivity contribution in [2.75, 3.05) is 6.54 Å². The minimum atomic E-state index is -0.537. The van der Waals surface area contributed by atoms with Crippen molar-refractivity contribution < 1.29 is 9.52 Å². The van der Waals surface area contributed by atoms with Crippen molar-refractivity contribution in [1.82, 2.24) is 10.3 Å². The smallest absolute Gasteiger partial charge is 0.211 e. The van der Waals surface area contributed by atoms with Crippen LogP contribution in [0.3, 0.4) is 0 Å². The first-order valence-electron chi connectivity index (χ1n) is 7.41. The van der Waals surface area contributed by atoms with Crippen LogP contribution in [-0.2, 0) is 0 Å². The number of benzene rings is 1. The first-order valence-corrected chi connectivity index (χ1v) is 7.41. The van der Waals surface area contributed by atoms with E-state index in [1.807, 2.05) is 26.0 Å². The van der Waals surface area contributed by atoms with E-state index in [1.165, 1.54) is 5.56 Å². The van der Waals surface area contributed by atoms with Gasteiger partial charge >= 0.3 is 0 Å². The maximum atomic E-state index is 10.2. The Balaban J connectivity index is 1.90.